The number of carbonyl (C=O) groups is 1. The van der Waals surface area contributed by atoms with E-state index in [0.29, 0.717) is 12.0 Å². The Balaban J connectivity index is 2.22. The topological polar surface area (TPSA) is 26.3 Å². The lowest BCUT2D eigenvalue weighted by atomic mass is 9.88. The third-order valence-electron chi connectivity index (χ3n) is 3.72. The zero-order valence-electron chi connectivity index (χ0n) is 10.7. The van der Waals surface area contributed by atoms with E-state index in [4.69, 9.17) is 4.74 Å². The molecule has 1 heterocycles. The molecule has 0 aromatic rings. The van der Waals surface area contributed by atoms with Crippen molar-refractivity contribution in [3.05, 3.63) is 35.5 Å². The van der Waals surface area contributed by atoms with Crippen LogP contribution in [0.25, 0.3) is 0 Å². The van der Waals surface area contributed by atoms with Crippen LogP contribution >= 0.6 is 0 Å². The van der Waals surface area contributed by atoms with E-state index in [2.05, 4.69) is 6.58 Å². The van der Waals surface area contributed by atoms with E-state index in [1.165, 1.54) is 5.57 Å². The van der Waals surface area contributed by atoms with Crippen molar-refractivity contribution in [3.63, 3.8) is 0 Å². The van der Waals surface area contributed by atoms with Crippen molar-refractivity contribution in [2.24, 2.45) is 5.92 Å². The monoisotopic (exact) mass is 250 g/mol. The summed E-state index contributed by atoms with van der Waals surface area (Å²) in [7, 11) is 0. The number of fused-ring (bicyclic) bond motifs is 1. The first-order valence-electron chi connectivity index (χ1n) is 6.42. The van der Waals surface area contributed by atoms with Gasteiger partial charge < -0.3 is 4.74 Å². The Hall–Kier alpha value is -1.38. The smallest absolute Gasteiger partial charge is 0.334 e. The summed E-state index contributed by atoms with van der Waals surface area (Å²) in [5, 5.41) is 0. The van der Waals surface area contributed by atoms with Gasteiger partial charge >= 0.3 is 5.97 Å². The maximum Gasteiger partial charge on any atom is 0.334 e. The molecule has 1 fully saturated rings. The Morgan fingerprint density at radius 2 is 2.28 bits per heavy atom. The summed E-state index contributed by atoms with van der Waals surface area (Å²) in [5.41, 5.74) is 2.54. The second kappa shape index (κ2) is 5.51. The first-order valence-corrected chi connectivity index (χ1v) is 6.42. The lowest BCUT2D eigenvalue weighted by Crippen LogP contribution is -2.15. The largest absolute Gasteiger partial charge is 0.454 e. The molecular formula is C15H19FO2. The molecule has 0 aromatic carbocycles. The number of esters is 1. The summed E-state index contributed by atoms with van der Waals surface area (Å²) < 4.78 is 18.2. The standard InChI is InChI=1S/C15H19FO2/c1-10-4-3-5-12(9-16)6-7-13-11(2)15(17)18-14(13)8-10/h5,8,13-14H,2-4,6-7,9H2,1H3/b10-8+,12-5+/t13-,14+/m0/s1. The summed E-state index contributed by atoms with van der Waals surface area (Å²) >= 11 is 0. The predicted octanol–water partition coefficient (Wildman–Crippen LogP) is 3.50. The quantitative estimate of drug-likeness (QED) is 0.404. The molecule has 2 rings (SSSR count). The average molecular weight is 250 g/mol. The molecule has 2 aliphatic rings. The van der Waals surface area contributed by atoms with Gasteiger partial charge in [0.05, 0.1) is 0 Å². The van der Waals surface area contributed by atoms with Crippen LogP contribution in [0.1, 0.15) is 32.6 Å². The summed E-state index contributed by atoms with van der Waals surface area (Å²) in [4.78, 5) is 11.6. The molecule has 1 aliphatic heterocycles. The number of carbonyl (C=O) groups excluding carboxylic acids is 1. The number of rotatable bonds is 1. The van der Waals surface area contributed by atoms with Crippen LogP contribution in [0.3, 0.4) is 0 Å². The van der Waals surface area contributed by atoms with Crippen LogP contribution in [0.4, 0.5) is 4.39 Å². The van der Waals surface area contributed by atoms with Crippen LogP contribution in [0.5, 0.6) is 0 Å². The highest BCUT2D eigenvalue weighted by Gasteiger charge is 2.37. The highest BCUT2D eigenvalue weighted by atomic mass is 19.1. The number of alkyl halides is 1. The number of hydrogen-bond donors (Lipinski definition) is 0. The minimum Gasteiger partial charge on any atom is -0.454 e. The minimum atomic E-state index is -0.401. The van der Waals surface area contributed by atoms with Gasteiger partial charge in [0.25, 0.3) is 0 Å². The lowest BCUT2D eigenvalue weighted by molar-refractivity contribution is -0.137. The molecule has 98 valence electrons. The molecule has 3 heteroatoms. The van der Waals surface area contributed by atoms with E-state index in [9.17, 15) is 9.18 Å². The summed E-state index contributed by atoms with van der Waals surface area (Å²) in [6, 6.07) is 0. The second-order valence-electron chi connectivity index (χ2n) is 5.09. The third kappa shape index (κ3) is 2.71. The van der Waals surface area contributed by atoms with Crippen molar-refractivity contribution >= 4 is 5.97 Å². The van der Waals surface area contributed by atoms with Crippen LogP contribution in [0.2, 0.25) is 0 Å². The van der Waals surface area contributed by atoms with Crippen molar-refractivity contribution in [1.29, 1.82) is 0 Å². The van der Waals surface area contributed by atoms with E-state index in [0.717, 1.165) is 24.8 Å². The van der Waals surface area contributed by atoms with Gasteiger partial charge in [0.15, 0.2) is 0 Å². The molecule has 2 nitrogen and oxygen atoms in total. The molecule has 1 saturated heterocycles. The van der Waals surface area contributed by atoms with Crippen LogP contribution < -0.4 is 0 Å². The zero-order chi connectivity index (χ0) is 13.1. The molecule has 0 saturated carbocycles. The maximum absolute atomic E-state index is 12.8. The van der Waals surface area contributed by atoms with Gasteiger partial charge in [0, 0.05) is 11.5 Å². The first-order chi connectivity index (χ1) is 8.61. The van der Waals surface area contributed by atoms with Gasteiger partial charge in [-0.15, -0.1) is 0 Å². The maximum atomic E-state index is 12.8. The van der Waals surface area contributed by atoms with Crippen molar-refractivity contribution < 1.29 is 13.9 Å². The van der Waals surface area contributed by atoms with E-state index in [1.807, 2.05) is 19.1 Å². The highest BCUT2D eigenvalue weighted by molar-refractivity contribution is 5.91. The Morgan fingerprint density at radius 3 is 3.00 bits per heavy atom. The van der Waals surface area contributed by atoms with Gasteiger partial charge in [-0.25, -0.2) is 9.18 Å². The van der Waals surface area contributed by atoms with E-state index < -0.39 is 6.67 Å². The molecule has 2 atom stereocenters. The first kappa shape index (κ1) is 13.1. The fraction of sp³-hybridized carbons (Fsp3) is 0.533. The lowest BCUT2D eigenvalue weighted by Gasteiger charge is -2.17. The zero-order valence-corrected chi connectivity index (χ0v) is 10.7. The van der Waals surface area contributed by atoms with Gasteiger partial charge in [0.1, 0.15) is 12.8 Å². The average Bonchev–Trinajstić information content (AvgIpc) is 2.60. The predicted molar refractivity (Wildman–Crippen MR) is 68.8 cm³/mol. The number of allylic oxidation sites excluding steroid dienone is 3. The molecule has 0 N–H and O–H groups in total. The van der Waals surface area contributed by atoms with Crippen molar-refractivity contribution in [2.45, 2.75) is 38.7 Å². The van der Waals surface area contributed by atoms with E-state index >= 15 is 0 Å². The van der Waals surface area contributed by atoms with Gasteiger partial charge in [0.2, 0.25) is 0 Å². The highest BCUT2D eigenvalue weighted by Crippen LogP contribution is 2.34. The van der Waals surface area contributed by atoms with Gasteiger partial charge in [-0.05, 0) is 44.3 Å². The molecule has 0 unspecified atom stereocenters. The Kier molecular flexibility index (Phi) is 4.00. The number of hydrogen-bond acceptors (Lipinski definition) is 2. The Labute approximate surface area is 107 Å². The molecule has 0 amide bonds. The Bertz CT molecular complexity index is 420. The van der Waals surface area contributed by atoms with Gasteiger partial charge in [-0.1, -0.05) is 18.2 Å². The van der Waals surface area contributed by atoms with Crippen molar-refractivity contribution in [3.8, 4) is 0 Å². The molecule has 18 heavy (non-hydrogen) atoms. The molecule has 0 aromatic heterocycles. The van der Waals surface area contributed by atoms with Gasteiger partial charge in [-0.3, -0.25) is 0 Å². The van der Waals surface area contributed by atoms with Gasteiger partial charge in [-0.2, -0.15) is 0 Å². The van der Waals surface area contributed by atoms with Crippen molar-refractivity contribution in [1.82, 2.24) is 0 Å². The molecule has 0 spiro atoms. The fourth-order valence-corrected chi connectivity index (χ4v) is 2.55. The Morgan fingerprint density at radius 1 is 1.50 bits per heavy atom. The van der Waals surface area contributed by atoms with Crippen molar-refractivity contribution in [2.75, 3.05) is 6.67 Å². The molecule has 0 bridgehead atoms. The normalized spacial score (nSPS) is 35.0. The third-order valence-corrected chi connectivity index (χ3v) is 3.72. The van der Waals surface area contributed by atoms with E-state index in [1.54, 1.807) is 0 Å². The summed E-state index contributed by atoms with van der Waals surface area (Å²) in [5.74, 6) is -0.306. The van der Waals surface area contributed by atoms with Crippen LogP contribution in [0.15, 0.2) is 35.5 Å². The number of halogens is 1. The van der Waals surface area contributed by atoms with Crippen LogP contribution in [-0.2, 0) is 9.53 Å². The van der Waals surface area contributed by atoms with Crippen LogP contribution in [0, 0.1) is 5.92 Å². The summed E-state index contributed by atoms with van der Waals surface area (Å²) in [6.45, 7) is 5.43. The minimum absolute atomic E-state index is 0.000463. The second-order valence-corrected chi connectivity index (χ2v) is 5.09. The molecular weight excluding hydrogens is 231 g/mol. The number of ether oxygens (including phenoxy) is 1. The van der Waals surface area contributed by atoms with Crippen LogP contribution in [-0.4, -0.2) is 18.7 Å². The SMILES string of the molecule is C=C1C(=O)O[C@@H]2/C=C(\C)CC/C=C(/CF)CC[C@@H]12. The fourth-order valence-electron chi connectivity index (χ4n) is 2.55. The molecule has 1 aliphatic carbocycles. The summed E-state index contributed by atoms with van der Waals surface area (Å²) in [6.07, 6.45) is 6.95. The van der Waals surface area contributed by atoms with E-state index in [-0.39, 0.29) is 18.0 Å². The molecule has 0 radical (unpaired) electrons.